The molecule has 4 aromatic rings. The van der Waals surface area contributed by atoms with Crippen LogP contribution in [0.25, 0.3) is 28.1 Å². The maximum atomic E-state index is 12.7. The Balaban J connectivity index is 1.69. The first-order valence-electron chi connectivity index (χ1n) is 10.2. The summed E-state index contributed by atoms with van der Waals surface area (Å²) < 4.78 is 13.0. The molecule has 0 saturated carbocycles. The molecule has 0 fully saturated rings. The van der Waals surface area contributed by atoms with Gasteiger partial charge in [0.05, 0.1) is 28.6 Å². The molecule has 1 aromatic heterocycles. The highest BCUT2D eigenvalue weighted by Crippen LogP contribution is 2.43. The van der Waals surface area contributed by atoms with E-state index in [2.05, 4.69) is 5.10 Å². The van der Waals surface area contributed by atoms with Crippen LogP contribution in [0.3, 0.4) is 0 Å². The maximum absolute atomic E-state index is 12.7. The number of carbonyl (C=O) groups excluding carboxylic acids is 1. The molecule has 3 aromatic carbocycles. The van der Waals surface area contributed by atoms with Gasteiger partial charge in [-0.25, -0.2) is 9.48 Å². The lowest BCUT2D eigenvalue weighted by Crippen LogP contribution is -2.12. The zero-order valence-electron chi connectivity index (χ0n) is 17.4. The lowest BCUT2D eigenvalue weighted by molar-refractivity contribution is 0.0516. The third kappa shape index (κ3) is 3.97. The molecule has 5 nitrogen and oxygen atoms in total. The summed E-state index contributed by atoms with van der Waals surface area (Å²) in [4.78, 5) is 12.7. The minimum Gasteiger partial charge on any atom is -0.488 e. The number of benzene rings is 3. The Morgan fingerprint density at radius 2 is 1.73 bits per heavy atom. The van der Waals surface area contributed by atoms with Crippen LogP contribution in [0.2, 0.25) is 15.1 Å². The third-order valence-electron chi connectivity index (χ3n) is 5.38. The standard InChI is InChI=1S/C25H17Cl3N2O3/c1-2-32-25(31)23-19-13-33-22-11-15(14-3-6-16(26)7-4-14)5-9-18(22)24(19)30(29-23)21-10-8-17(27)12-20(21)28/h3-12H,2,13H2,1H3. The topological polar surface area (TPSA) is 53.3 Å². The van der Waals surface area contributed by atoms with Crippen LogP contribution >= 0.6 is 34.8 Å². The average Bonchev–Trinajstić information content (AvgIpc) is 3.19. The first kappa shape index (κ1) is 21.8. The van der Waals surface area contributed by atoms with E-state index in [1.54, 1.807) is 29.8 Å². The zero-order chi connectivity index (χ0) is 23.1. The van der Waals surface area contributed by atoms with Crippen LogP contribution in [-0.2, 0) is 11.3 Å². The van der Waals surface area contributed by atoms with Crippen molar-refractivity contribution >= 4 is 40.8 Å². The first-order chi connectivity index (χ1) is 16.0. The van der Waals surface area contributed by atoms with Gasteiger partial charge in [-0.15, -0.1) is 0 Å². The van der Waals surface area contributed by atoms with Gasteiger partial charge < -0.3 is 9.47 Å². The number of carbonyl (C=O) groups is 1. The van der Waals surface area contributed by atoms with E-state index in [0.717, 1.165) is 22.4 Å². The molecule has 0 aliphatic carbocycles. The summed E-state index contributed by atoms with van der Waals surface area (Å²) in [5.41, 5.74) is 4.96. The first-order valence-corrected chi connectivity index (χ1v) is 11.4. The Morgan fingerprint density at radius 3 is 2.45 bits per heavy atom. The largest absolute Gasteiger partial charge is 0.488 e. The number of esters is 1. The quantitative estimate of drug-likeness (QED) is 0.278. The van der Waals surface area contributed by atoms with E-state index in [1.165, 1.54) is 0 Å². The molecule has 1 aliphatic heterocycles. The van der Waals surface area contributed by atoms with Gasteiger partial charge >= 0.3 is 5.97 Å². The summed E-state index contributed by atoms with van der Waals surface area (Å²) in [5.74, 6) is 0.166. The van der Waals surface area contributed by atoms with Crippen molar-refractivity contribution in [1.29, 1.82) is 0 Å². The molecule has 0 N–H and O–H groups in total. The molecular weight excluding hydrogens is 483 g/mol. The Labute approximate surface area is 205 Å². The van der Waals surface area contributed by atoms with Crippen molar-refractivity contribution in [3.8, 4) is 33.8 Å². The second-order valence-electron chi connectivity index (χ2n) is 7.41. The van der Waals surface area contributed by atoms with Crippen LogP contribution in [0.1, 0.15) is 23.0 Å². The highest BCUT2D eigenvalue weighted by atomic mass is 35.5. The van der Waals surface area contributed by atoms with Crippen molar-refractivity contribution in [2.45, 2.75) is 13.5 Å². The molecule has 166 valence electrons. The van der Waals surface area contributed by atoms with E-state index in [-0.39, 0.29) is 18.9 Å². The van der Waals surface area contributed by atoms with Gasteiger partial charge in [-0.05, 0) is 60.5 Å². The van der Waals surface area contributed by atoms with Gasteiger partial charge in [0, 0.05) is 15.6 Å². The molecule has 0 spiro atoms. The normalized spacial score (nSPS) is 12.0. The van der Waals surface area contributed by atoms with Crippen molar-refractivity contribution in [3.05, 3.63) is 87.0 Å². The van der Waals surface area contributed by atoms with Crippen LogP contribution in [0.4, 0.5) is 0 Å². The summed E-state index contributed by atoms with van der Waals surface area (Å²) in [7, 11) is 0. The zero-order valence-corrected chi connectivity index (χ0v) is 19.7. The van der Waals surface area contributed by atoms with Gasteiger partial charge in [0.25, 0.3) is 0 Å². The predicted octanol–water partition coefficient (Wildman–Crippen LogP) is 7.24. The number of halogens is 3. The Morgan fingerprint density at radius 1 is 1.00 bits per heavy atom. The fourth-order valence-electron chi connectivity index (χ4n) is 3.86. The minimum atomic E-state index is -0.512. The molecule has 5 rings (SSSR count). The Bertz CT molecular complexity index is 1380. The summed E-state index contributed by atoms with van der Waals surface area (Å²) in [6, 6.07) is 18.6. The van der Waals surface area contributed by atoms with Crippen molar-refractivity contribution in [2.75, 3.05) is 6.61 Å². The fraction of sp³-hybridized carbons (Fsp3) is 0.120. The van der Waals surface area contributed by atoms with Gasteiger partial charge in [-0.2, -0.15) is 5.10 Å². The van der Waals surface area contributed by atoms with Gasteiger partial charge in [0.2, 0.25) is 0 Å². The van der Waals surface area contributed by atoms with E-state index in [9.17, 15) is 4.79 Å². The molecular formula is C25H17Cl3N2O3. The number of hydrogen-bond acceptors (Lipinski definition) is 4. The van der Waals surface area contributed by atoms with Crippen molar-refractivity contribution < 1.29 is 14.3 Å². The fourth-order valence-corrected chi connectivity index (χ4v) is 4.48. The molecule has 0 unspecified atom stereocenters. The van der Waals surface area contributed by atoms with E-state index in [4.69, 9.17) is 44.3 Å². The number of aromatic nitrogens is 2. The lowest BCUT2D eigenvalue weighted by Gasteiger charge is -2.21. The van der Waals surface area contributed by atoms with Crippen molar-refractivity contribution in [1.82, 2.24) is 9.78 Å². The smallest absolute Gasteiger partial charge is 0.359 e. The molecule has 0 saturated heterocycles. The molecule has 0 amide bonds. The molecule has 1 aliphatic rings. The van der Waals surface area contributed by atoms with Gasteiger partial charge in [-0.1, -0.05) is 53.0 Å². The van der Waals surface area contributed by atoms with Crippen LogP contribution < -0.4 is 4.74 Å². The van der Waals surface area contributed by atoms with Crippen LogP contribution in [0.15, 0.2) is 60.7 Å². The monoisotopic (exact) mass is 498 g/mol. The van der Waals surface area contributed by atoms with Crippen molar-refractivity contribution in [3.63, 3.8) is 0 Å². The SMILES string of the molecule is CCOC(=O)c1nn(-c2ccc(Cl)cc2Cl)c2c1COc1cc(-c3ccc(Cl)cc3)ccc1-2. The lowest BCUT2D eigenvalue weighted by atomic mass is 9.98. The summed E-state index contributed by atoms with van der Waals surface area (Å²) >= 11 is 18.6. The predicted molar refractivity (Wildman–Crippen MR) is 130 cm³/mol. The number of fused-ring (bicyclic) bond motifs is 3. The van der Waals surface area contributed by atoms with Gasteiger partial charge in [-0.3, -0.25) is 0 Å². The number of rotatable bonds is 4. The Kier molecular flexibility index (Phi) is 5.79. The van der Waals surface area contributed by atoms with Crippen LogP contribution in [-0.4, -0.2) is 22.4 Å². The van der Waals surface area contributed by atoms with Gasteiger partial charge in [0.15, 0.2) is 5.69 Å². The summed E-state index contributed by atoms with van der Waals surface area (Å²) in [6.45, 7) is 2.16. The molecule has 2 heterocycles. The summed E-state index contributed by atoms with van der Waals surface area (Å²) in [6.07, 6.45) is 0. The molecule has 0 radical (unpaired) electrons. The van der Waals surface area contributed by atoms with Crippen LogP contribution in [0.5, 0.6) is 5.75 Å². The van der Waals surface area contributed by atoms with E-state index < -0.39 is 5.97 Å². The minimum absolute atomic E-state index is 0.172. The van der Waals surface area contributed by atoms with Gasteiger partial charge in [0.1, 0.15) is 12.4 Å². The number of nitrogens with zero attached hydrogens (tertiary/aromatic N) is 2. The van der Waals surface area contributed by atoms with Crippen LogP contribution in [0, 0.1) is 0 Å². The average molecular weight is 500 g/mol. The second-order valence-corrected chi connectivity index (χ2v) is 8.69. The highest BCUT2D eigenvalue weighted by molar-refractivity contribution is 6.35. The second kappa shape index (κ2) is 8.75. The molecule has 8 heteroatoms. The van der Waals surface area contributed by atoms with E-state index in [1.807, 2.05) is 42.5 Å². The van der Waals surface area contributed by atoms with E-state index in [0.29, 0.717) is 32.1 Å². The highest BCUT2D eigenvalue weighted by Gasteiger charge is 2.31. The maximum Gasteiger partial charge on any atom is 0.359 e. The van der Waals surface area contributed by atoms with E-state index >= 15 is 0 Å². The third-order valence-corrected chi connectivity index (χ3v) is 6.17. The van der Waals surface area contributed by atoms with Crippen molar-refractivity contribution in [2.24, 2.45) is 0 Å². The number of hydrogen-bond donors (Lipinski definition) is 0. The summed E-state index contributed by atoms with van der Waals surface area (Å²) in [5, 5.41) is 6.17. The Hall–Kier alpha value is -2.99. The molecule has 33 heavy (non-hydrogen) atoms. The molecule has 0 atom stereocenters. The molecule has 0 bridgehead atoms. The number of ether oxygens (including phenoxy) is 2.